The topological polar surface area (TPSA) is 70.1 Å². The molecule has 4 rings (SSSR count). The van der Waals surface area contributed by atoms with E-state index in [9.17, 15) is 14.7 Å². The van der Waals surface area contributed by atoms with E-state index in [2.05, 4.69) is 0 Å². The summed E-state index contributed by atoms with van der Waals surface area (Å²) in [6, 6.07) is 19.3. The Kier molecular flexibility index (Phi) is 8.77. The Labute approximate surface area is 233 Å². The number of hydrogen-bond donors (Lipinski definition) is 1. The Morgan fingerprint density at radius 1 is 1.00 bits per heavy atom. The molecule has 1 fully saturated rings. The highest BCUT2D eigenvalue weighted by Crippen LogP contribution is 2.41. The molecule has 1 aliphatic rings. The second-order valence-corrected chi connectivity index (χ2v) is 10.4. The summed E-state index contributed by atoms with van der Waals surface area (Å²) in [5.41, 5.74) is 2.83. The van der Waals surface area contributed by atoms with Crippen LogP contribution in [0, 0.1) is 6.92 Å². The molecule has 0 aromatic heterocycles. The number of aryl methyl sites for hydroxylation is 1. The first-order valence-electron chi connectivity index (χ1n) is 12.3. The first-order chi connectivity index (χ1) is 18.2. The molecule has 38 heavy (non-hydrogen) atoms. The average molecular weight is 553 g/mol. The Morgan fingerprint density at radius 2 is 1.74 bits per heavy atom. The third-order valence-corrected chi connectivity index (χ3v) is 7.24. The van der Waals surface area contributed by atoms with Crippen LogP contribution in [0.15, 0.2) is 72.3 Å². The van der Waals surface area contributed by atoms with Gasteiger partial charge in [-0.3, -0.25) is 9.59 Å². The van der Waals surface area contributed by atoms with Crippen LogP contribution in [0.3, 0.4) is 0 Å². The van der Waals surface area contributed by atoms with E-state index in [4.69, 9.17) is 27.9 Å². The second-order valence-electron chi connectivity index (χ2n) is 9.57. The highest BCUT2D eigenvalue weighted by molar-refractivity contribution is 6.47. The number of nitrogens with zero attached hydrogens (tertiary/aromatic N) is 2. The third-order valence-electron chi connectivity index (χ3n) is 6.51. The van der Waals surface area contributed by atoms with Gasteiger partial charge in [0.1, 0.15) is 18.1 Å². The zero-order chi connectivity index (χ0) is 27.4. The van der Waals surface area contributed by atoms with E-state index in [1.807, 2.05) is 56.3 Å². The van der Waals surface area contributed by atoms with Gasteiger partial charge in [-0.05, 0) is 81.0 Å². The van der Waals surface area contributed by atoms with Crippen LogP contribution < -0.4 is 4.74 Å². The van der Waals surface area contributed by atoms with Gasteiger partial charge in [-0.15, -0.1) is 0 Å². The molecule has 3 aromatic rings. The number of amides is 1. The maximum atomic E-state index is 13.3. The van der Waals surface area contributed by atoms with Crippen LogP contribution in [0.2, 0.25) is 10.0 Å². The van der Waals surface area contributed by atoms with Crippen LogP contribution in [-0.2, 0) is 16.2 Å². The minimum absolute atomic E-state index is 0.0271. The summed E-state index contributed by atoms with van der Waals surface area (Å²) in [5, 5.41) is 12.1. The van der Waals surface area contributed by atoms with Crippen LogP contribution in [0.1, 0.15) is 34.7 Å². The average Bonchev–Trinajstić information content (AvgIpc) is 3.14. The van der Waals surface area contributed by atoms with Crippen molar-refractivity contribution in [3.63, 3.8) is 0 Å². The Morgan fingerprint density at radius 3 is 2.39 bits per heavy atom. The smallest absolute Gasteiger partial charge is 0.295 e. The Hall–Kier alpha value is -3.32. The standard InChI is InChI=1S/C30H30Cl2N2O4/c1-19-16-22(38-18-20-8-5-4-6-9-20)11-12-23(19)28(35)26-27(21-10-13-24(31)25(32)17-21)34(30(37)29(26)36)15-7-14-33(2)3/h4-6,8-13,16-17,27,35H,7,14-15,18H2,1-3H3/t27-/m0/s1. The lowest BCUT2D eigenvalue weighted by atomic mass is 9.94. The van der Waals surface area contributed by atoms with E-state index in [1.54, 1.807) is 36.4 Å². The van der Waals surface area contributed by atoms with Gasteiger partial charge in [0.05, 0.1) is 21.7 Å². The quantitative estimate of drug-likeness (QED) is 0.193. The fraction of sp³-hybridized carbons (Fsp3) is 0.267. The fourth-order valence-corrected chi connectivity index (χ4v) is 4.88. The molecule has 1 heterocycles. The lowest BCUT2D eigenvalue weighted by Crippen LogP contribution is -2.32. The van der Waals surface area contributed by atoms with Crippen molar-refractivity contribution in [3.05, 3.63) is 105 Å². The van der Waals surface area contributed by atoms with Gasteiger partial charge in [0, 0.05) is 12.1 Å². The van der Waals surface area contributed by atoms with Crippen molar-refractivity contribution >= 4 is 40.7 Å². The first-order valence-corrected chi connectivity index (χ1v) is 13.1. The monoisotopic (exact) mass is 552 g/mol. The second kappa shape index (κ2) is 12.0. The molecular formula is C30H30Cl2N2O4. The molecule has 3 aromatic carbocycles. The molecule has 0 unspecified atom stereocenters. The summed E-state index contributed by atoms with van der Waals surface area (Å²) < 4.78 is 5.91. The number of carbonyl (C=O) groups excluding carboxylic acids is 2. The Balaban J connectivity index is 1.70. The summed E-state index contributed by atoms with van der Waals surface area (Å²) >= 11 is 12.4. The number of halogens is 2. The largest absolute Gasteiger partial charge is 0.507 e. The molecule has 1 saturated heterocycles. The molecule has 0 aliphatic carbocycles. The van der Waals surface area contributed by atoms with Gasteiger partial charge in [-0.25, -0.2) is 0 Å². The molecule has 1 N–H and O–H groups in total. The summed E-state index contributed by atoms with van der Waals surface area (Å²) in [4.78, 5) is 30.0. The van der Waals surface area contributed by atoms with E-state index < -0.39 is 17.7 Å². The number of carbonyl (C=O) groups is 2. The molecule has 1 atom stereocenters. The number of hydrogen-bond acceptors (Lipinski definition) is 5. The van der Waals surface area contributed by atoms with Crippen LogP contribution in [0.25, 0.3) is 5.76 Å². The number of aliphatic hydroxyl groups excluding tert-OH is 1. The molecule has 1 aliphatic heterocycles. The predicted octanol–water partition coefficient (Wildman–Crippen LogP) is 6.25. The minimum Gasteiger partial charge on any atom is -0.507 e. The maximum absolute atomic E-state index is 13.3. The van der Waals surface area contributed by atoms with Crippen molar-refractivity contribution in [1.29, 1.82) is 0 Å². The number of ketones is 1. The number of ether oxygens (including phenoxy) is 1. The van der Waals surface area contributed by atoms with E-state index in [0.29, 0.717) is 52.1 Å². The van der Waals surface area contributed by atoms with Gasteiger partial charge in [0.15, 0.2) is 0 Å². The number of rotatable bonds is 9. The van der Waals surface area contributed by atoms with Crippen molar-refractivity contribution < 1.29 is 19.4 Å². The summed E-state index contributed by atoms with van der Waals surface area (Å²) in [6.07, 6.45) is 0.657. The number of aliphatic hydroxyl groups is 1. The van der Waals surface area contributed by atoms with Gasteiger partial charge < -0.3 is 19.6 Å². The third kappa shape index (κ3) is 6.04. The van der Waals surface area contributed by atoms with E-state index in [1.165, 1.54) is 4.90 Å². The normalized spacial score (nSPS) is 16.9. The minimum atomic E-state index is -0.791. The van der Waals surface area contributed by atoms with Crippen LogP contribution in [-0.4, -0.2) is 53.8 Å². The van der Waals surface area contributed by atoms with Crippen molar-refractivity contribution in [1.82, 2.24) is 9.80 Å². The van der Waals surface area contributed by atoms with E-state index >= 15 is 0 Å². The lowest BCUT2D eigenvalue weighted by molar-refractivity contribution is -0.139. The molecule has 0 spiro atoms. The molecule has 0 bridgehead atoms. The van der Waals surface area contributed by atoms with Crippen LogP contribution >= 0.6 is 23.2 Å². The fourth-order valence-electron chi connectivity index (χ4n) is 4.57. The SMILES string of the molecule is Cc1cc(OCc2ccccc2)ccc1C(O)=C1C(=O)C(=O)N(CCCN(C)C)[C@H]1c1ccc(Cl)c(Cl)c1. The molecule has 0 saturated carbocycles. The zero-order valence-corrected chi connectivity index (χ0v) is 23.1. The van der Waals surface area contributed by atoms with Gasteiger partial charge in [-0.1, -0.05) is 59.6 Å². The molecule has 1 amide bonds. The lowest BCUT2D eigenvalue weighted by Gasteiger charge is -2.26. The van der Waals surface area contributed by atoms with Gasteiger partial charge in [0.25, 0.3) is 11.7 Å². The zero-order valence-electron chi connectivity index (χ0n) is 21.6. The van der Waals surface area contributed by atoms with Crippen LogP contribution in [0.4, 0.5) is 0 Å². The molecule has 6 nitrogen and oxygen atoms in total. The van der Waals surface area contributed by atoms with E-state index in [-0.39, 0.29) is 11.3 Å². The Bertz CT molecular complexity index is 1370. The number of likely N-dealkylation sites (tertiary alicyclic amines) is 1. The summed E-state index contributed by atoms with van der Waals surface area (Å²) in [6.45, 7) is 3.31. The number of Topliss-reactive ketones (excluding diaryl/α,β-unsaturated/α-hetero) is 1. The first kappa shape index (κ1) is 27.7. The van der Waals surface area contributed by atoms with Crippen molar-refractivity contribution in [2.45, 2.75) is 26.0 Å². The van der Waals surface area contributed by atoms with Gasteiger partial charge in [0.2, 0.25) is 0 Å². The maximum Gasteiger partial charge on any atom is 0.295 e. The molecular weight excluding hydrogens is 523 g/mol. The molecule has 8 heteroatoms. The highest BCUT2D eigenvalue weighted by atomic mass is 35.5. The van der Waals surface area contributed by atoms with Gasteiger partial charge in [-0.2, -0.15) is 0 Å². The summed E-state index contributed by atoms with van der Waals surface area (Å²) in [5.74, 6) is -0.983. The van der Waals surface area contributed by atoms with Crippen molar-refractivity contribution in [2.75, 3.05) is 27.2 Å². The highest BCUT2D eigenvalue weighted by Gasteiger charge is 2.46. The van der Waals surface area contributed by atoms with Crippen molar-refractivity contribution in [2.24, 2.45) is 0 Å². The summed E-state index contributed by atoms with van der Waals surface area (Å²) in [7, 11) is 3.89. The van der Waals surface area contributed by atoms with Gasteiger partial charge >= 0.3 is 0 Å². The van der Waals surface area contributed by atoms with Crippen molar-refractivity contribution in [3.8, 4) is 5.75 Å². The molecule has 0 radical (unpaired) electrons. The predicted molar refractivity (Wildman–Crippen MR) is 151 cm³/mol. The number of benzene rings is 3. The van der Waals surface area contributed by atoms with E-state index in [0.717, 1.165) is 12.1 Å². The van der Waals surface area contributed by atoms with Crippen LogP contribution in [0.5, 0.6) is 5.75 Å². The molecule has 198 valence electrons.